The van der Waals surface area contributed by atoms with Gasteiger partial charge >= 0.3 is 5.97 Å². The lowest BCUT2D eigenvalue weighted by Crippen LogP contribution is -2.10. The molecule has 0 radical (unpaired) electrons. The second-order valence-corrected chi connectivity index (χ2v) is 7.58. The highest BCUT2D eigenvalue weighted by molar-refractivity contribution is 6.06. The van der Waals surface area contributed by atoms with E-state index in [-0.39, 0.29) is 24.2 Å². The SMILES string of the molecule is Cc1nc2ccc3ccc(Cc4ccc(C(=O)CCC(=O)O)c(N)c4)cc3c2c(=O)[nH]1. The van der Waals surface area contributed by atoms with Gasteiger partial charge in [-0.25, -0.2) is 4.98 Å². The molecule has 0 spiro atoms. The molecule has 4 aromatic rings. The number of anilines is 1. The summed E-state index contributed by atoms with van der Waals surface area (Å²) in [6, 6.07) is 14.9. The Balaban J connectivity index is 1.66. The molecule has 0 unspecified atom stereocenters. The molecule has 0 amide bonds. The number of aliphatic carboxylic acids is 1. The Morgan fingerprint density at radius 3 is 2.48 bits per heavy atom. The fourth-order valence-corrected chi connectivity index (χ4v) is 3.80. The molecule has 0 bridgehead atoms. The first kappa shape index (κ1) is 20.3. The lowest BCUT2D eigenvalue weighted by atomic mass is 9.97. The maximum Gasteiger partial charge on any atom is 0.303 e. The second-order valence-electron chi connectivity index (χ2n) is 7.58. The molecule has 7 nitrogen and oxygen atoms in total. The van der Waals surface area contributed by atoms with Crippen LogP contribution in [0.15, 0.2) is 53.3 Å². The van der Waals surface area contributed by atoms with Gasteiger partial charge in [0.2, 0.25) is 0 Å². The Bertz CT molecular complexity index is 1410. The molecule has 4 rings (SSSR count). The summed E-state index contributed by atoms with van der Waals surface area (Å²) in [6.45, 7) is 1.75. The zero-order valence-corrected chi connectivity index (χ0v) is 16.9. The van der Waals surface area contributed by atoms with Gasteiger partial charge in [0.25, 0.3) is 5.56 Å². The van der Waals surface area contributed by atoms with Crippen molar-refractivity contribution in [2.75, 3.05) is 5.73 Å². The van der Waals surface area contributed by atoms with E-state index in [1.54, 1.807) is 19.1 Å². The number of ketones is 1. The summed E-state index contributed by atoms with van der Waals surface area (Å²) in [5, 5.41) is 11.1. The summed E-state index contributed by atoms with van der Waals surface area (Å²) in [6.07, 6.45) is 0.259. The highest BCUT2D eigenvalue weighted by atomic mass is 16.4. The molecule has 4 N–H and O–H groups in total. The van der Waals surface area contributed by atoms with Gasteiger partial charge in [-0.05, 0) is 59.5 Å². The number of rotatable bonds is 6. The summed E-state index contributed by atoms with van der Waals surface area (Å²) in [5.74, 6) is -0.733. The number of carbonyl (C=O) groups excluding carboxylic acids is 1. The summed E-state index contributed by atoms with van der Waals surface area (Å²) < 4.78 is 0. The molecule has 0 aliphatic carbocycles. The maximum absolute atomic E-state index is 12.5. The van der Waals surface area contributed by atoms with Crippen LogP contribution in [-0.2, 0) is 11.2 Å². The second kappa shape index (κ2) is 8.02. The van der Waals surface area contributed by atoms with Crippen molar-refractivity contribution in [1.82, 2.24) is 9.97 Å². The van der Waals surface area contributed by atoms with E-state index in [4.69, 9.17) is 10.8 Å². The molecule has 0 aliphatic rings. The largest absolute Gasteiger partial charge is 0.481 e. The van der Waals surface area contributed by atoms with Crippen LogP contribution in [-0.4, -0.2) is 26.8 Å². The highest BCUT2D eigenvalue weighted by Crippen LogP contribution is 2.25. The Morgan fingerprint density at radius 1 is 1.03 bits per heavy atom. The monoisotopic (exact) mass is 415 g/mol. The number of nitrogen functional groups attached to an aromatic ring is 1. The number of carboxylic acids is 1. The van der Waals surface area contributed by atoms with E-state index < -0.39 is 5.97 Å². The van der Waals surface area contributed by atoms with Crippen molar-refractivity contribution >= 4 is 39.1 Å². The van der Waals surface area contributed by atoms with Crippen LogP contribution in [0.3, 0.4) is 0 Å². The fourth-order valence-electron chi connectivity index (χ4n) is 3.80. The number of carboxylic acid groups (broad SMARTS) is 1. The number of nitrogens with two attached hydrogens (primary N) is 1. The van der Waals surface area contributed by atoms with Gasteiger partial charge in [0.15, 0.2) is 5.78 Å². The van der Waals surface area contributed by atoms with Gasteiger partial charge in [0.05, 0.1) is 17.3 Å². The van der Waals surface area contributed by atoms with Gasteiger partial charge in [-0.15, -0.1) is 0 Å². The molecule has 0 saturated carbocycles. The minimum atomic E-state index is -1.02. The van der Waals surface area contributed by atoms with Crippen LogP contribution in [0.1, 0.15) is 40.2 Å². The number of hydrogen-bond donors (Lipinski definition) is 3. The van der Waals surface area contributed by atoms with Crippen molar-refractivity contribution in [3.63, 3.8) is 0 Å². The van der Waals surface area contributed by atoms with Crippen molar-refractivity contribution in [1.29, 1.82) is 0 Å². The molecule has 3 aromatic carbocycles. The first-order chi connectivity index (χ1) is 14.8. The molecular weight excluding hydrogens is 394 g/mol. The van der Waals surface area contributed by atoms with Crippen LogP contribution in [0.25, 0.3) is 21.7 Å². The third-order valence-electron chi connectivity index (χ3n) is 5.26. The number of aromatic nitrogens is 2. The zero-order chi connectivity index (χ0) is 22.1. The average molecular weight is 415 g/mol. The number of H-pyrrole nitrogens is 1. The van der Waals surface area contributed by atoms with Crippen molar-refractivity contribution in [2.45, 2.75) is 26.2 Å². The lowest BCUT2D eigenvalue weighted by Gasteiger charge is -2.09. The van der Waals surface area contributed by atoms with Gasteiger partial charge in [0.1, 0.15) is 5.82 Å². The van der Waals surface area contributed by atoms with E-state index in [2.05, 4.69) is 9.97 Å². The van der Waals surface area contributed by atoms with E-state index in [0.717, 1.165) is 21.9 Å². The van der Waals surface area contributed by atoms with E-state index >= 15 is 0 Å². The lowest BCUT2D eigenvalue weighted by molar-refractivity contribution is -0.136. The minimum absolute atomic E-state index is 0.0846. The summed E-state index contributed by atoms with van der Waals surface area (Å²) in [7, 11) is 0. The first-order valence-electron chi connectivity index (χ1n) is 9.87. The van der Waals surface area contributed by atoms with Gasteiger partial charge < -0.3 is 15.8 Å². The predicted octanol–water partition coefficient (Wildman–Crippen LogP) is 3.61. The number of aromatic amines is 1. The first-order valence-corrected chi connectivity index (χ1v) is 9.87. The number of nitrogens with zero attached hydrogens (tertiary/aromatic N) is 1. The molecule has 31 heavy (non-hydrogen) atoms. The van der Waals surface area contributed by atoms with Crippen LogP contribution >= 0.6 is 0 Å². The Labute approximate surface area is 177 Å². The molecule has 1 aromatic heterocycles. The third kappa shape index (κ3) is 4.16. The van der Waals surface area contributed by atoms with E-state index in [1.807, 2.05) is 36.4 Å². The summed E-state index contributed by atoms with van der Waals surface area (Å²) in [5.41, 5.74) is 9.11. The number of hydrogen-bond acceptors (Lipinski definition) is 5. The van der Waals surface area contributed by atoms with Crippen molar-refractivity contribution in [2.24, 2.45) is 0 Å². The fraction of sp³-hybridized carbons (Fsp3) is 0.167. The van der Waals surface area contributed by atoms with E-state index in [0.29, 0.717) is 34.4 Å². The third-order valence-corrected chi connectivity index (χ3v) is 5.26. The molecule has 0 saturated heterocycles. The average Bonchev–Trinajstić information content (AvgIpc) is 2.71. The van der Waals surface area contributed by atoms with Gasteiger partial charge in [-0.1, -0.05) is 24.3 Å². The minimum Gasteiger partial charge on any atom is -0.481 e. The van der Waals surface area contributed by atoms with Crippen LogP contribution in [0, 0.1) is 6.92 Å². The number of carbonyl (C=O) groups is 2. The van der Waals surface area contributed by atoms with Crippen molar-refractivity contribution in [3.05, 3.63) is 81.4 Å². The molecule has 7 heteroatoms. The normalized spacial score (nSPS) is 11.1. The van der Waals surface area contributed by atoms with Crippen LogP contribution in [0.5, 0.6) is 0 Å². The number of aryl methyl sites for hydroxylation is 1. The molecule has 156 valence electrons. The number of benzene rings is 3. The zero-order valence-electron chi connectivity index (χ0n) is 16.9. The molecule has 0 fully saturated rings. The number of Topliss-reactive ketones (excluding diaryl/α,β-unsaturated/α-hetero) is 1. The molecule has 1 heterocycles. The standard InChI is InChI=1S/C24H21N3O4/c1-13-26-20-7-5-16-4-2-14(11-18(16)23(20)24(31)27-13)10-15-3-6-17(19(25)12-15)21(28)8-9-22(29)30/h2-7,11-12H,8-10,25H2,1H3,(H,29,30)(H,26,27,31). The Morgan fingerprint density at radius 2 is 1.74 bits per heavy atom. The predicted molar refractivity (Wildman–Crippen MR) is 119 cm³/mol. The molecular formula is C24H21N3O4. The topological polar surface area (TPSA) is 126 Å². The molecule has 0 aliphatic heterocycles. The van der Waals surface area contributed by atoms with Gasteiger partial charge in [-0.3, -0.25) is 14.4 Å². The Hall–Kier alpha value is -4.00. The Kier molecular flexibility index (Phi) is 5.25. The van der Waals surface area contributed by atoms with Gasteiger partial charge in [-0.2, -0.15) is 0 Å². The highest BCUT2D eigenvalue weighted by Gasteiger charge is 2.13. The summed E-state index contributed by atoms with van der Waals surface area (Å²) >= 11 is 0. The number of fused-ring (bicyclic) bond motifs is 3. The van der Waals surface area contributed by atoms with Crippen LogP contribution in [0.4, 0.5) is 5.69 Å². The number of nitrogens with one attached hydrogen (secondary N) is 1. The summed E-state index contributed by atoms with van der Waals surface area (Å²) in [4.78, 5) is 42.6. The van der Waals surface area contributed by atoms with Crippen LogP contribution in [0.2, 0.25) is 0 Å². The molecule has 0 atom stereocenters. The van der Waals surface area contributed by atoms with E-state index in [1.165, 1.54) is 0 Å². The van der Waals surface area contributed by atoms with Crippen molar-refractivity contribution < 1.29 is 14.7 Å². The van der Waals surface area contributed by atoms with Gasteiger partial charge in [0, 0.05) is 17.7 Å². The van der Waals surface area contributed by atoms with Crippen molar-refractivity contribution in [3.8, 4) is 0 Å². The quantitative estimate of drug-likeness (QED) is 0.251. The smallest absolute Gasteiger partial charge is 0.303 e. The maximum atomic E-state index is 12.5. The van der Waals surface area contributed by atoms with Crippen LogP contribution < -0.4 is 11.3 Å². The van der Waals surface area contributed by atoms with E-state index in [9.17, 15) is 14.4 Å².